The Balaban J connectivity index is 1.75. The van der Waals surface area contributed by atoms with Crippen LogP contribution >= 0.6 is 0 Å². The molecule has 188 valence electrons. The van der Waals surface area contributed by atoms with Gasteiger partial charge in [-0.2, -0.15) is 26.3 Å². The summed E-state index contributed by atoms with van der Waals surface area (Å²) in [6, 6.07) is 0. The van der Waals surface area contributed by atoms with Gasteiger partial charge in [0.15, 0.2) is 6.61 Å². The highest BCUT2D eigenvalue weighted by Crippen LogP contribution is 2.59. The van der Waals surface area contributed by atoms with Crippen LogP contribution in [0.25, 0.3) is 0 Å². The van der Waals surface area contributed by atoms with Crippen LogP contribution in [-0.4, -0.2) is 60.9 Å². The summed E-state index contributed by atoms with van der Waals surface area (Å²) in [6.07, 6.45) is -6.58. The smallest absolute Gasteiger partial charge is 0.381 e. The van der Waals surface area contributed by atoms with Gasteiger partial charge >= 0.3 is 42.1 Å². The molecular formula is C19H20F8O6. The summed E-state index contributed by atoms with van der Waals surface area (Å²) in [6.45, 7) is 0.631. The summed E-state index contributed by atoms with van der Waals surface area (Å²) >= 11 is 0. The third kappa shape index (κ3) is 3.82. The molecule has 3 rings (SSSR count). The minimum absolute atomic E-state index is 0.106. The predicted octanol–water partition coefficient (Wildman–Crippen LogP) is 3.47. The number of halogens is 8. The van der Waals surface area contributed by atoms with E-state index in [2.05, 4.69) is 4.74 Å². The molecule has 0 radical (unpaired) electrons. The van der Waals surface area contributed by atoms with Gasteiger partial charge in [-0.15, -0.1) is 0 Å². The maximum absolute atomic E-state index is 13.7. The van der Waals surface area contributed by atoms with Crippen LogP contribution in [-0.2, 0) is 28.6 Å². The zero-order chi connectivity index (χ0) is 25.1. The standard InChI is InChI=1S/C19H20F8O6/c1-3-6(2)13(28)32-11-7-4-8-10(15(30)33-12(8)11)9(7)14(29)31-5-17(22,23)19(26,27)18(24,25)16(20)21/h6-12,16H,3-5H2,1-2H3. The average Bonchev–Trinajstić information content (AvgIpc) is 3.34. The number of alkyl halides is 8. The third-order valence-corrected chi connectivity index (χ3v) is 6.63. The number of carbonyl (C=O) groups excluding carboxylic acids is 3. The van der Waals surface area contributed by atoms with Crippen molar-refractivity contribution in [1.82, 2.24) is 0 Å². The van der Waals surface area contributed by atoms with E-state index >= 15 is 0 Å². The molecule has 0 N–H and O–H groups in total. The van der Waals surface area contributed by atoms with E-state index in [0.717, 1.165) is 0 Å². The van der Waals surface area contributed by atoms with Crippen molar-refractivity contribution in [2.24, 2.45) is 29.6 Å². The lowest BCUT2D eigenvalue weighted by Gasteiger charge is -2.33. The molecule has 14 heteroatoms. The maximum atomic E-state index is 13.7. The summed E-state index contributed by atoms with van der Waals surface area (Å²) in [5, 5.41) is 0. The van der Waals surface area contributed by atoms with Crippen molar-refractivity contribution in [2.75, 3.05) is 6.61 Å². The highest BCUT2D eigenvalue weighted by atomic mass is 19.4. The Kier molecular flexibility index (Phi) is 6.37. The highest BCUT2D eigenvalue weighted by Gasteiger charge is 2.76. The molecule has 6 nitrogen and oxygen atoms in total. The quantitative estimate of drug-likeness (QED) is 0.277. The lowest BCUT2D eigenvalue weighted by Crippen LogP contribution is -2.59. The van der Waals surface area contributed by atoms with E-state index in [1.165, 1.54) is 0 Å². The predicted molar refractivity (Wildman–Crippen MR) is 89.6 cm³/mol. The average molecular weight is 496 g/mol. The minimum atomic E-state index is -6.53. The van der Waals surface area contributed by atoms with Crippen molar-refractivity contribution >= 4 is 17.9 Å². The van der Waals surface area contributed by atoms with Gasteiger partial charge in [0.25, 0.3) is 0 Å². The minimum Gasteiger partial charge on any atom is -0.459 e. The Morgan fingerprint density at radius 3 is 2.27 bits per heavy atom. The molecular weight excluding hydrogens is 476 g/mol. The Morgan fingerprint density at radius 1 is 1.12 bits per heavy atom. The van der Waals surface area contributed by atoms with E-state index in [0.29, 0.717) is 6.42 Å². The Bertz CT molecular complexity index is 818. The van der Waals surface area contributed by atoms with Crippen molar-refractivity contribution in [3.63, 3.8) is 0 Å². The van der Waals surface area contributed by atoms with Gasteiger partial charge in [-0.05, 0) is 12.8 Å². The molecule has 0 amide bonds. The van der Waals surface area contributed by atoms with Crippen LogP contribution in [0.15, 0.2) is 0 Å². The van der Waals surface area contributed by atoms with E-state index < -0.39 is 90.5 Å². The van der Waals surface area contributed by atoms with Crippen molar-refractivity contribution < 1.29 is 63.7 Å². The summed E-state index contributed by atoms with van der Waals surface area (Å²) in [5.41, 5.74) is 0. The molecule has 2 saturated carbocycles. The van der Waals surface area contributed by atoms with E-state index in [4.69, 9.17) is 9.47 Å². The second kappa shape index (κ2) is 8.26. The number of fused-ring (bicyclic) bond motifs is 1. The number of carbonyl (C=O) groups is 3. The first-order valence-corrected chi connectivity index (χ1v) is 10.1. The second-order valence-electron chi connectivity index (χ2n) is 8.54. The molecule has 0 aromatic heterocycles. The van der Waals surface area contributed by atoms with Crippen molar-refractivity contribution in [1.29, 1.82) is 0 Å². The van der Waals surface area contributed by atoms with Crippen LogP contribution in [0.3, 0.4) is 0 Å². The number of hydrogen-bond acceptors (Lipinski definition) is 6. The zero-order valence-electron chi connectivity index (χ0n) is 17.2. The zero-order valence-corrected chi connectivity index (χ0v) is 17.2. The normalized spacial score (nSPS) is 32.2. The number of hydrogen-bond donors (Lipinski definition) is 0. The van der Waals surface area contributed by atoms with Gasteiger partial charge < -0.3 is 14.2 Å². The van der Waals surface area contributed by atoms with Gasteiger partial charge in [0.1, 0.15) is 12.2 Å². The van der Waals surface area contributed by atoms with E-state index in [-0.39, 0.29) is 6.42 Å². The maximum Gasteiger partial charge on any atom is 0.381 e. The fraction of sp³-hybridized carbons (Fsp3) is 0.842. The van der Waals surface area contributed by atoms with Crippen LogP contribution in [0.4, 0.5) is 35.1 Å². The molecule has 7 unspecified atom stereocenters. The van der Waals surface area contributed by atoms with Crippen LogP contribution in [0, 0.1) is 29.6 Å². The fourth-order valence-corrected chi connectivity index (χ4v) is 4.62. The summed E-state index contributed by atoms with van der Waals surface area (Å²) in [5.74, 6) is -26.7. The molecule has 1 saturated heterocycles. The molecule has 2 aliphatic carbocycles. The molecule has 7 atom stereocenters. The monoisotopic (exact) mass is 496 g/mol. The summed E-state index contributed by atoms with van der Waals surface area (Å²) < 4.78 is 119. The van der Waals surface area contributed by atoms with E-state index in [1.807, 2.05) is 0 Å². The van der Waals surface area contributed by atoms with Crippen LogP contribution in [0.2, 0.25) is 0 Å². The number of ether oxygens (including phenoxy) is 3. The van der Waals surface area contributed by atoms with Gasteiger partial charge in [0.2, 0.25) is 0 Å². The largest absolute Gasteiger partial charge is 0.459 e. The second-order valence-corrected chi connectivity index (χ2v) is 8.54. The lowest BCUT2D eigenvalue weighted by atomic mass is 9.78. The summed E-state index contributed by atoms with van der Waals surface area (Å²) in [4.78, 5) is 36.8. The van der Waals surface area contributed by atoms with Crippen LogP contribution in [0.1, 0.15) is 26.7 Å². The molecule has 1 aliphatic heterocycles. The van der Waals surface area contributed by atoms with Crippen molar-refractivity contribution in [3.8, 4) is 0 Å². The molecule has 0 aromatic rings. The van der Waals surface area contributed by atoms with Gasteiger partial charge in [-0.25, -0.2) is 8.78 Å². The Morgan fingerprint density at radius 2 is 1.73 bits per heavy atom. The van der Waals surface area contributed by atoms with Crippen molar-refractivity contribution in [3.05, 3.63) is 0 Å². The van der Waals surface area contributed by atoms with E-state index in [1.54, 1.807) is 13.8 Å². The van der Waals surface area contributed by atoms with Gasteiger partial charge in [0.05, 0.1) is 17.8 Å². The topological polar surface area (TPSA) is 78.9 Å². The van der Waals surface area contributed by atoms with Crippen LogP contribution in [0.5, 0.6) is 0 Å². The first-order valence-electron chi connectivity index (χ1n) is 10.1. The first-order chi connectivity index (χ1) is 15.1. The van der Waals surface area contributed by atoms with E-state index in [9.17, 15) is 49.5 Å². The Labute approximate surface area is 181 Å². The fourth-order valence-electron chi connectivity index (χ4n) is 4.62. The lowest BCUT2D eigenvalue weighted by molar-refractivity contribution is -0.344. The molecule has 1 heterocycles. The molecule has 3 aliphatic rings. The molecule has 33 heavy (non-hydrogen) atoms. The number of rotatable bonds is 9. The van der Waals surface area contributed by atoms with Crippen LogP contribution < -0.4 is 0 Å². The van der Waals surface area contributed by atoms with Crippen molar-refractivity contribution in [2.45, 2.75) is 63.1 Å². The first kappa shape index (κ1) is 25.5. The molecule has 3 fully saturated rings. The van der Waals surface area contributed by atoms with Gasteiger partial charge in [-0.1, -0.05) is 13.8 Å². The third-order valence-electron chi connectivity index (χ3n) is 6.63. The molecule has 2 bridgehead atoms. The highest BCUT2D eigenvalue weighted by molar-refractivity contribution is 5.86. The molecule has 0 aromatic carbocycles. The summed E-state index contributed by atoms with van der Waals surface area (Å²) in [7, 11) is 0. The van der Waals surface area contributed by atoms with Gasteiger partial charge in [0, 0.05) is 11.8 Å². The number of esters is 3. The molecule has 0 spiro atoms. The SMILES string of the molecule is CCC(C)C(=O)OC1C2CC3C1OC(=O)C3C2C(=O)OCC(F)(F)C(F)(F)C(F)(F)C(F)F. The van der Waals surface area contributed by atoms with Gasteiger partial charge in [-0.3, -0.25) is 14.4 Å². The Hall–Kier alpha value is -2.15.